The predicted molar refractivity (Wildman–Crippen MR) is 108 cm³/mol. The van der Waals surface area contributed by atoms with Crippen molar-refractivity contribution >= 4 is 11.7 Å². The molecular weight excluding hydrogens is 370 g/mol. The van der Waals surface area contributed by atoms with Crippen LogP contribution < -0.4 is 15.8 Å². The van der Waals surface area contributed by atoms with Crippen molar-refractivity contribution in [1.29, 1.82) is 0 Å². The maximum Gasteiger partial charge on any atom is 0.272 e. The van der Waals surface area contributed by atoms with E-state index in [4.69, 9.17) is 4.74 Å². The standard InChI is InChI=1S/C21H21N5O3/c27-20-10-9-18(24-26(20)17-6-2-1-3-7-17)21(28)22-15-16-5-4-8-19(23-16)25-11-13-29-14-12-25/h1-10H,11-15H2,(H,22,28). The highest BCUT2D eigenvalue weighted by Gasteiger charge is 2.14. The maximum atomic E-state index is 12.6. The SMILES string of the molecule is O=C(NCc1cccc(N2CCOCC2)n1)c1ccc(=O)n(-c2ccccc2)n1. The molecule has 8 heteroatoms. The lowest BCUT2D eigenvalue weighted by atomic mass is 10.3. The van der Waals surface area contributed by atoms with Crippen LogP contribution in [0.3, 0.4) is 0 Å². The lowest BCUT2D eigenvalue weighted by Gasteiger charge is -2.28. The summed E-state index contributed by atoms with van der Waals surface area (Å²) in [7, 11) is 0. The Morgan fingerprint density at radius 1 is 1.00 bits per heavy atom. The Morgan fingerprint density at radius 3 is 2.59 bits per heavy atom. The molecule has 1 aliphatic rings. The summed E-state index contributed by atoms with van der Waals surface area (Å²) in [6.45, 7) is 3.24. The number of carbonyl (C=O) groups is 1. The zero-order valence-electron chi connectivity index (χ0n) is 15.8. The molecule has 1 fully saturated rings. The quantitative estimate of drug-likeness (QED) is 0.707. The first-order valence-electron chi connectivity index (χ1n) is 9.43. The van der Waals surface area contributed by atoms with E-state index in [1.54, 1.807) is 12.1 Å². The van der Waals surface area contributed by atoms with Gasteiger partial charge in [0.05, 0.1) is 31.1 Å². The summed E-state index contributed by atoms with van der Waals surface area (Å²) in [5, 5.41) is 7.02. The molecule has 3 heterocycles. The van der Waals surface area contributed by atoms with Gasteiger partial charge in [0.15, 0.2) is 0 Å². The number of amides is 1. The van der Waals surface area contributed by atoms with Crippen LogP contribution >= 0.6 is 0 Å². The van der Waals surface area contributed by atoms with Gasteiger partial charge in [0, 0.05) is 19.2 Å². The van der Waals surface area contributed by atoms with E-state index in [1.807, 2.05) is 36.4 Å². The molecule has 0 unspecified atom stereocenters. The van der Waals surface area contributed by atoms with Crippen LogP contribution in [0.5, 0.6) is 0 Å². The predicted octanol–water partition coefficient (Wildman–Crippen LogP) is 1.39. The number of carbonyl (C=O) groups excluding carboxylic acids is 1. The van der Waals surface area contributed by atoms with Gasteiger partial charge in [-0.25, -0.2) is 4.98 Å². The highest BCUT2D eigenvalue weighted by Crippen LogP contribution is 2.13. The molecule has 0 saturated carbocycles. The van der Waals surface area contributed by atoms with Crippen molar-refractivity contribution in [2.45, 2.75) is 6.54 Å². The van der Waals surface area contributed by atoms with Crippen LogP contribution in [-0.4, -0.2) is 47.0 Å². The largest absolute Gasteiger partial charge is 0.378 e. The number of hydrogen-bond acceptors (Lipinski definition) is 6. The first kappa shape index (κ1) is 18.8. The monoisotopic (exact) mass is 391 g/mol. The third-order valence-electron chi connectivity index (χ3n) is 4.59. The average Bonchev–Trinajstić information content (AvgIpc) is 2.79. The minimum Gasteiger partial charge on any atom is -0.378 e. The van der Waals surface area contributed by atoms with Crippen molar-refractivity contribution < 1.29 is 9.53 Å². The molecule has 8 nitrogen and oxygen atoms in total. The van der Waals surface area contributed by atoms with Gasteiger partial charge in [-0.3, -0.25) is 9.59 Å². The summed E-state index contributed by atoms with van der Waals surface area (Å²) >= 11 is 0. The normalized spacial score (nSPS) is 13.9. The fourth-order valence-corrected chi connectivity index (χ4v) is 3.08. The van der Waals surface area contributed by atoms with Crippen LogP contribution in [-0.2, 0) is 11.3 Å². The van der Waals surface area contributed by atoms with E-state index in [-0.39, 0.29) is 23.7 Å². The average molecular weight is 391 g/mol. The second-order valence-electron chi connectivity index (χ2n) is 6.57. The molecule has 0 spiro atoms. The number of anilines is 1. The Hall–Kier alpha value is -3.52. The topological polar surface area (TPSA) is 89.4 Å². The molecule has 0 aliphatic carbocycles. The molecule has 0 radical (unpaired) electrons. The Morgan fingerprint density at radius 2 is 1.79 bits per heavy atom. The van der Waals surface area contributed by atoms with Crippen LogP contribution in [0.15, 0.2) is 65.5 Å². The number of rotatable bonds is 5. The molecular formula is C21H21N5O3. The van der Waals surface area contributed by atoms with E-state index in [9.17, 15) is 9.59 Å². The van der Waals surface area contributed by atoms with Gasteiger partial charge in [-0.2, -0.15) is 9.78 Å². The van der Waals surface area contributed by atoms with Crippen LogP contribution in [0.2, 0.25) is 0 Å². The summed E-state index contributed by atoms with van der Waals surface area (Å²) < 4.78 is 6.59. The van der Waals surface area contributed by atoms with E-state index < -0.39 is 0 Å². The Balaban J connectivity index is 1.46. The maximum absolute atomic E-state index is 12.6. The van der Waals surface area contributed by atoms with Gasteiger partial charge < -0.3 is 15.0 Å². The zero-order chi connectivity index (χ0) is 20.1. The fraction of sp³-hybridized carbons (Fsp3) is 0.238. The molecule has 1 N–H and O–H groups in total. The smallest absolute Gasteiger partial charge is 0.272 e. The fourth-order valence-electron chi connectivity index (χ4n) is 3.08. The van der Waals surface area contributed by atoms with Crippen molar-refractivity contribution in [3.05, 3.63) is 82.4 Å². The van der Waals surface area contributed by atoms with Gasteiger partial charge >= 0.3 is 0 Å². The first-order valence-corrected chi connectivity index (χ1v) is 9.43. The summed E-state index contributed by atoms with van der Waals surface area (Å²) in [4.78, 5) is 31.4. The van der Waals surface area contributed by atoms with E-state index in [0.29, 0.717) is 18.9 Å². The lowest BCUT2D eigenvalue weighted by Crippen LogP contribution is -2.37. The number of morpholine rings is 1. The van der Waals surface area contributed by atoms with E-state index in [0.717, 1.165) is 24.6 Å². The molecule has 148 valence electrons. The highest BCUT2D eigenvalue weighted by atomic mass is 16.5. The zero-order valence-corrected chi connectivity index (χ0v) is 15.8. The number of benzene rings is 1. The van der Waals surface area contributed by atoms with Crippen molar-refractivity contribution in [1.82, 2.24) is 20.1 Å². The second-order valence-corrected chi connectivity index (χ2v) is 6.57. The highest BCUT2D eigenvalue weighted by molar-refractivity contribution is 5.91. The van der Waals surface area contributed by atoms with Gasteiger partial charge in [-0.1, -0.05) is 24.3 Å². The summed E-state index contributed by atoms with van der Waals surface area (Å²) in [5.74, 6) is 0.504. The van der Waals surface area contributed by atoms with Gasteiger partial charge in [0.25, 0.3) is 11.5 Å². The van der Waals surface area contributed by atoms with Crippen LogP contribution in [0.1, 0.15) is 16.2 Å². The number of pyridine rings is 1. The van der Waals surface area contributed by atoms with E-state index >= 15 is 0 Å². The summed E-state index contributed by atoms with van der Waals surface area (Å²) in [5.41, 5.74) is 1.22. The number of hydrogen-bond donors (Lipinski definition) is 1. The number of para-hydroxylation sites is 1. The Kier molecular flexibility index (Phi) is 5.62. The molecule has 0 atom stereocenters. The minimum atomic E-state index is -0.367. The minimum absolute atomic E-state index is 0.165. The Labute approximate surface area is 167 Å². The van der Waals surface area contributed by atoms with E-state index in [1.165, 1.54) is 16.8 Å². The second kappa shape index (κ2) is 8.66. The molecule has 1 saturated heterocycles. The number of nitrogens with one attached hydrogen (secondary N) is 1. The van der Waals surface area contributed by atoms with Crippen LogP contribution in [0.4, 0.5) is 5.82 Å². The van der Waals surface area contributed by atoms with Crippen molar-refractivity contribution in [2.75, 3.05) is 31.2 Å². The lowest BCUT2D eigenvalue weighted by molar-refractivity contribution is 0.0943. The molecule has 1 aromatic carbocycles. The van der Waals surface area contributed by atoms with Crippen molar-refractivity contribution in [3.63, 3.8) is 0 Å². The van der Waals surface area contributed by atoms with Gasteiger partial charge in [0.2, 0.25) is 0 Å². The molecule has 2 aromatic heterocycles. The molecule has 0 bridgehead atoms. The summed E-state index contributed by atoms with van der Waals surface area (Å²) in [6, 6.07) is 17.5. The molecule has 1 aliphatic heterocycles. The van der Waals surface area contributed by atoms with Crippen LogP contribution in [0.25, 0.3) is 5.69 Å². The van der Waals surface area contributed by atoms with Gasteiger partial charge in [-0.05, 0) is 30.3 Å². The third kappa shape index (κ3) is 4.49. The van der Waals surface area contributed by atoms with Crippen molar-refractivity contribution in [2.24, 2.45) is 0 Å². The molecule has 29 heavy (non-hydrogen) atoms. The molecule has 3 aromatic rings. The van der Waals surface area contributed by atoms with E-state index in [2.05, 4.69) is 20.3 Å². The van der Waals surface area contributed by atoms with Crippen LogP contribution in [0, 0.1) is 0 Å². The van der Waals surface area contributed by atoms with Crippen molar-refractivity contribution in [3.8, 4) is 5.69 Å². The molecule has 1 amide bonds. The number of aromatic nitrogens is 3. The Bertz CT molecular complexity index is 1050. The third-order valence-corrected chi connectivity index (χ3v) is 4.59. The number of nitrogens with zero attached hydrogens (tertiary/aromatic N) is 4. The number of ether oxygens (including phenoxy) is 1. The summed E-state index contributed by atoms with van der Waals surface area (Å²) in [6.07, 6.45) is 0. The van der Waals surface area contributed by atoms with Gasteiger partial charge in [0.1, 0.15) is 11.5 Å². The van der Waals surface area contributed by atoms with Gasteiger partial charge in [-0.15, -0.1) is 0 Å². The first-order chi connectivity index (χ1) is 14.2. The molecule has 4 rings (SSSR count).